The van der Waals surface area contributed by atoms with Crippen molar-refractivity contribution in [3.63, 3.8) is 0 Å². The quantitative estimate of drug-likeness (QED) is 0.389. The molecule has 0 spiro atoms. The Labute approximate surface area is 245 Å². The Morgan fingerprint density at radius 1 is 1.14 bits per heavy atom. The molecule has 2 amide bonds. The highest BCUT2D eigenvalue weighted by atomic mass is 19.1. The largest absolute Gasteiger partial charge is 0.494 e. The van der Waals surface area contributed by atoms with Gasteiger partial charge in [-0.25, -0.2) is 9.37 Å². The van der Waals surface area contributed by atoms with Gasteiger partial charge in [0.15, 0.2) is 11.6 Å². The van der Waals surface area contributed by atoms with Crippen LogP contribution in [-0.2, 0) is 4.79 Å². The number of pyridine rings is 1. The highest BCUT2D eigenvalue weighted by Crippen LogP contribution is 2.34. The van der Waals surface area contributed by atoms with Crippen LogP contribution in [0.1, 0.15) is 75.2 Å². The number of imidazole rings is 1. The van der Waals surface area contributed by atoms with Gasteiger partial charge in [0.05, 0.1) is 24.3 Å². The van der Waals surface area contributed by atoms with E-state index in [1.165, 1.54) is 44.6 Å². The number of H-pyrrole nitrogens is 1. The number of halogens is 1. The van der Waals surface area contributed by atoms with Crippen LogP contribution in [0.3, 0.4) is 0 Å². The van der Waals surface area contributed by atoms with Crippen molar-refractivity contribution >= 4 is 22.8 Å². The van der Waals surface area contributed by atoms with Gasteiger partial charge in [0.25, 0.3) is 5.91 Å². The monoisotopic (exact) mass is 580 g/mol. The standard InChI is InChI=1S/C31H41FN6O4/c1-20(2)34-29(39)21-7-10-23(11-8-21)38-26-18-28(42-16-15-37-13-5-4-6-14-37)33-19-25(26)35-31(38)36-30(40)22-9-12-24(32)27(17-22)41-3/h9,12,17-21,23H,4-8,10-11,13-16H2,1-3H3,(H,34,39)(H,35,36,40)/t21-,23+. The van der Waals surface area contributed by atoms with Gasteiger partial charge in [0.1, 0.15) is 6.61 Å². The summed E-state index contributed by atoms with van der Waals surface area (Å²) in [5.74, 6) is -0.534. The molecular formula is C31H41FN6O4. The molecule has 1 aliphatic carbocycles. The van der Waals surface area contributed by atoms with Crippen LogP contribution in [-0.4, -0.2) is 70.6 Å². The highest BCUT2D eigenvalue weighted by molar-refractivity contribution is 5.95. The third-order valence-corrected chi connectivity index (χ3v) is 8.17. The number of benzene rings is 1. The molecule has 1 aromatic carbocycles. The lowest BCUT2D eigenvalue weighted by Gasteiger charge is -2.29. The molecule has 42 heavy (non-hydrogen) atoms. The minimum absolute atomic E-state index is 0.0137. The van der Waals surface area contributed by atoms with E-state index in [-0.39, 0.29) is 35.2 Å². The van der Waals surface area contributed by atoms with Crippen molar-refractivity contribution in [2.75, 3.05) is 33.4 Å². The van der Waals surface area contributed by atoms with E-state index in [1.807, 2.05) is 24.5 Å². The molecule has 0 atom stereocenters. The third-order valence-electron chi connectivity index (χ3n) is 8.17. The molecule has 0 unspecified atom stereocenters. The Hall–Kier alpha value is -3.73. The van der Waals surface area contributed by atoms with E-state index in [0.29, 0.717) is 18.1 Å². The fourth-order valence-corrected chi connectivity index (χ4v) is 5.96. The molecule has 2 aliphatic rings. The minimum atomic E-state index is -0.549. The van der Waals surface area contributed by atoms with Gasteiger partial charge in [-0.05, 0) is 83.7 Å². The molecule has 1 saturated heterocycles. The first kappa shape index (κ1) is 29.8. The van der Waals surface area contributed by atoms with Gasteiger partial charge < -0.3 is 24.3 Å². The number of likely N-dealkylation sites (tertiary alicyclic amines) is 1. The fourth-order valence-electron chi connectivity index (χ4n) is 5.96. The molecule has 2 aromatic heterocycles. The molecule has 0 bridgehead atoms. The summed E-state index contributed by atoms with van der Waals surface area (Å²) >= 11 is 0. The van der Waals surface area contributed by atoms with E-state index in [2.05, 4.69) is 25.2 Å². The predicted octanol–water partition coefficient (Wildman–Crippen LogP) is 4.37. The summed E-state index contributed by atoms with van der Waals surface area (Å²) in [6.07, 6.45) is 8.41. The van der Waals surface area contributed by atoms with Crippen LogP contribution >= 0.6 is 0 Å². The third kappa shape index (κ3) is 7.00. The van der Waals surface area contributed by atoms with Crippen LogP contribution in [0.2, 0.25) is 0 Å². The Bertz CT molecular complexity index is 1470. The van der Waals surface area contributed by atoms with Gasteiger partial charge in [-0.2, -0.15) is 4.99 Å². The number of aromatic nitrogens is 3. The maximum absolute atomic E-state index is 14.0. The van der Waals surface area contributed by atoms with Crippen molar-refractivity contribution in [1.82, 2.24) is 24.8 Å². The molecule has 2 N–H and O–H groups in total. The van der Waals surface area contributed by atoms with E-state index in [0.717, 1.165) is 56.4 Å². The number of rotatable bonds is 9. The topological polar surface area (TPSA) is 114 Å². The molecule has 3 aromatic rings. The first-order chi connectivity index (χ1) is 20.3. The number of aromatic amines is 1. The van der Waals surface area contributed by atoms with Crippen LogP contribution in [0.5, 0.6) is 11.6 Å². The predicted molar refractivity (Wildman–Crippen MR) is 157 cm³/mol. The summed E-state index contributed by atoms with van der Waals surface area (Å²) in [7, 11) is 1.35. The lowest BCUT2D eigenvalue weighted by molar-refractivity contribution is -0.126. The van der Waals surface area contributed by atoms with Crippen LogP contribution in [0.15, 0.2) is 35.5 Å². The second kappa shape index (κ2) is 13.5. The maximum Gasteiger partial charge on any atom is 0.280 e. The zero-order chi connectivity index (χ0) is 29.6. The van der Waals surface area contributed by atoms with Gasteiger partial charge in [0.2, 0.25) is 17.4 Å². The number of carbonyl (C=O) groups is 2. The molecule has 3 heterocycles. The fraction of sp³-hybridized carbons (Fsp3) is 0.548. The maximum atomic E-state index is 14.0. The number of amides is 2. The molecule has 1 aliphatic heterocycles. The van der Waals surface area contributed by atoms with E-state index in [1.54, 1.807) is 6.20 Å². The summed E-state index contributed by atoms with van der Waals surface area (Å²) in [5, 5.41) is 3.03. The number of piperidine rings is 1. The number of fused-ring (bicyclic) bond motifs is 1. The highest BCUT2D eigenvalue weighted by Gasteiger charge is 2.29. The lowest BCUT2D eigenvalue weighted by Crippen LogP contribution is -2.38. The van der Waals surface area contributed by atoms with Crippen LogP contribution in [0, 0.1) is 11.7 Å². The second-order valence-electron chi connectivity index (χ2n) is 11.5. The zero-order valence-corrected chi connectivity index (χ0v) is 24.7. The molecule has 11 heteroatoms. The second-order valence-corrected chi connectivity index (χ2v) is 11.5. The van der Waals surface area contributed by atoms with Crippen LogP contribution < -0.4 is 20.4 Å². The molecule has 2 fully saturated rings. The van der Waals surface area contributed by atoms with E-state index < -0.39 is 11.7 Å². The van der Waals surface area contributed by atoms with Crippen LogP contribution in [0.25, 0.3) is 11.0 Å². The summed E-state index contributed by atoms with van der Waals surface area (Å²) in [5.41, 5.74) is 2.14. The number of ether oxygens (including phenoxy) is 2. The molecule has 5 rings (SSSR count). The molecule has 226 valence electrons. The number of hydrogen-bond donors (Lipinski definition) is 2. The average Bonchev–Trinajstić information content (AvgIpc) is 3.34. The first-order valence-corrected chi connectivity index (χ1v) is 15.0. The number of nitrogens with zero attached hydrogens (tertiary/aromatic N) is 4. The van der Waals surface area contributed by atoms with Gasteiger partial charge >= 0.3 is 0 Å². The van der Waals surface area contributed by atoms with Gasteiger partial charge in [-0.1, -0.05) is 6.42 Å². The lowest BCUT2D eigenvalue weighted by atomic mass is 9.85. The average molecular weight is 581 g/mol. The van der Waals surface area contributed by atoms with Crippen LogP contribution in [0.4, 0.5) is 4.39 Å². The van der Waals surface area contributed by atoms with Crippen molar-refractivity contribution in [2.45, 2.75) is 70.9 Å². The normalized spacial score (nSPS) is 20.2. The van der Waals surface area contributed by atoms with E-state index >= 15 is 0 Å². The Kier molecular flexibility index (Phi) is 9.56. The van der Waals surface area contributed by atoms with Crippen molar-refractivity contribution < 1.29 is 23.5 Å². The Morgan fingerprint density at radius 2 is 1.90 bits per heavy atom. The zero-order valence-electron chi connectivity index (χ0n) is 24.7. The number of carbonyl (C=O) groups excluding carboxylic acids is 2. The molecular weight excluding hydrogens is 539 g/mol. The van der Waals surface area contributed by atoms with Crippen molar-refractivity contribution in [1.29, 1.82) is 0 Å². The van der Waals surface area contributed by atoms with Crippen molar-refractivity contribution in [3.8, 4) is 11.6 Å². The van der Waals surface area contributed by atoms with E-state index in [4.69, 9.17) is 9.47 Å². The first-order valence-electron chi connectivity index (χ1n) is 15.0. The van der Waals surface area contributed by atoms with Gasteiger partial charge in [-0.3, -0.25) is 14.5 Å². The number of methoxy groups -OCH3 is 1. The number of nitrogens with one attached hydrogen (secondary N) is 2. The Morgan fingerprint density at radius 3 is 2.62 bits per heavy atom. The van der Waals surface area contributed by atoms with Crippen molar-refractivity contribution in [2.24, 2.45) is 10.9 Å². The summed E-state index contributed by atoms with van der Waals surface area (Å²) < 4.78 is 27.1. The summed E-state index contributed by atoms with van der Waals surface area (Å²) in [6.45, 7) is 7.53. The number of hydrogen-bond acceptors (Lipinski definition) is 6. The molecule has 10 nitrogen and oxygen atoms in total. The molecule has 1 saturated carbocycles. The van der Waals surface area contributed by atoms with Gasteiger partial charge in [0, 0.05) is 36.2 Å². The SMILES string of the molecule is COc1cc(C(=O)/N=c2\[nH]c3cnc(OCCN4CCCCC4)cc3n2[C@H]2CC[C@@H](C(=O)NC(C)C)CC2)ccc1F. The van der Waals surface area contributed by atoms with Crippen molar-refractivity contribution in [3.05, 3.63) is 47.5 Å². The van der Waals surface area contributed by atoms with E-state index in [9.17, 15) is 14.0 Å². The van der Waals surface area contributed by atoms with Gasteiger partial charge in [-0.15, -0.1) is 0 Å². The molecule has 0 radical (unpaired) electrons. The summed E-state index contributed by atoms with van der Waals surface area (Å²) in [4.78, 5) is 40.5. The smallest absolute Gasteiger partial charge is 0.280 e. The Balaban J connectivity index is 1.43. The summed E-state index contributed by atoms with van der Waals surface area (Å²) in [6, 6.07) is 5.94. The minimum Gasteiger partial charge on any atom is -0.494 e.